The van der Waals surface area contributed by atoms with Gasteiger partial charge in [-0.25, -0.2) is 4.39 Å². The van der Waals surface area contributed by atoms with Crippen LogP contribution >= 0.6 is 23.1 Å². The van der Waals surface area contributed by atoms with Crippen LogP contribution in [0.15, 0.2) is 58.4 Å². The fraction of sp³-hybridized carbons (Fsp3) is 0.238. The molecule has 2 aliphatic rings. The minimum absolute atomic E-state index is 0.0289. The Bertz CT molecular complexity index is 1120. The molecule has 0 bridgehead atoms. The predicted octanol–water partition coefficient (Wildman–Crippen LogP) is 4.18. The van der Waals surface area contributed by atoms with Crippen molar-refractivity contribution in [2.75, 3.05) is 12.4 Å². The Hall–Kier alpha value is -2.38. The number of Topliss-reactive ketones (excluding diaryl/α,β-unsaturated/α-hetero) is 1. The summed E-state index contributed by atoms with van der Waals surface area (Å²) in [5.74, 6) is 1.57. The Labute approximate surface area is 169 Å². The second kappa shape index (κ2) is 6.90. The Morgan fingerprint density at radius 1 is 1.18 bits per heavy atom. The molecule has 2 aliphatic heterocycles. The monoisotopic (exact) mass is 413 g/mol. The van der Waals surface area contributed by atoms with E-state index in [1.54, 1.807) is 16.3 Å². The SMILES string of the molecule is O=C(Cn1c2c(sc1=O)C1c3ccccc3OCC1CS2)c1ccc(F)cc1. The Morgan fingerprint density at radius 3 is 2.79 bits per heavy atom. The molecule has 0 spiro atoms. The van der Waals surface area contributed by atoms with Crippen LogP contribution in [0.3, 0.4) is 0 Å². The highest BCUT2D eigenvalue weighted by atomic mass is 32.2. The first-order valence-corrected chi connectivity index (χ1v) is 10.8. The number of nitrogens with zero attached hydrogens (tertiary/aromatic N) is 1. The molecule has 7 heteroatoms. The second-order valence-electron chi connectivity index (χ2n) is 6.95. The van der Waals surface area contributed by atoms with E-state index >= 15 is 0 Å². The van der Waals surface area contributed by atoms with Gasteiger partial charge in [-0.3, -0.25) is 14.2 Å². The zero-order chi connectivity index (χ0) is 19.3. The number of fused-ring (bicyclic) bond motifs is 5. The number of thioether (sulfide) groups is 1. The van der Waals surface area contributed by atoms with Crippen molar-refractivity contribution >= 4 is 28.9 Å². The minimum Gasteiger partial charge on any atom is -0.493 e. The molecular formula is C21H16FNO3S2. The lowest BCUT2D eigenvalue weighted by Gasteiger charge is -2.36. The molecule has 1 aromatic heterocycles. The molecule has 0 N–H and O–H groups in total. The maximum atomic E-state index is 13.1. The number of ketones is 1. The summed E-state index contributed by atoms with van der Waals surface area (Å²) in [5, 5.41) is 0.878. The fourth-order valence-electron chi connectivity index (χ4n) is 3.86. The summed E-state index contributed by atoms with van der Waals surface area (Å²) in [7, 11) is 0. The average molecular weight is 413 g/mol. The number of aromatic nitrogens is 1. The molecule has 3 heterocycles. The third-order valence-electron chi connectivity index (χ3n) is 5.24. The first-order chi connectivity index (χ1) is 13.6. The quantitative estimate of drug-likeness (QED) is 0.605. The molecule has 142 valence electrons. The first-order valence-electron chi connectivity index (χ1n) is 8.98. The number of para-hydroxylation sites is 1. The first kappa shape index (κ1) is 17.7. The predicted molar refractivity (Wildman–Crippen MR) is 107 cm³/mol. The summed E-state index contributed by atoms with van der Waals surface area (Å²) in [4.78, 5) is 26.3. The molecule has 4 nitrogen and oxygen atoms in total. The van der Waals surface area contributed by atoms with E-state index in [2.05, 4.69) is 6.07 Å². The van der Waals surface area contributed by atoms with Gasteiger partial charge >= 0.3 is 4.87 Å². The lowest BCUT2D eigenvalue weighted by molar-refractivity contribution is 0.0968. The van der Waals surface area contributed by atoms with Crippen molar-refractivity contribution in [1.29, 1.82) is 0 Å². The van der Waals surface area contributed by atoms with Gasteiger partial charge in [0, 0.05) is 33.6 Å². The van der Waals surface area contributed by atoms with Crippen LogP contribution in [0, 0.1) is 11.7 Å². The van der Waals surface area contributed by atoms with Gasteiger partial charge in [-0.1, -0.05) is 29.5 Å². The Kier molecular flexibility index (Phi) is 4.36. The van der Waals surface area contributed by atoms with E-state index in [0.717, 1.165) is 27.0 Å². The zero-order valence-electron chi connectivity index (χ0n) is 14.8. The van der Waals surface area contributed by atoms with Crippen molar-refractivity contribution in [1.82, 2.24) is 4.57 Å². The minimum atomic E-state index is -0.388. The number of hydrogen-bond donors (Lipinski definition) is 0. The third-order valence-corrected chi connectivity index (χ3v) is 7.74. The number of thiazole rings is 1. The van der Waals surface area contributed by atoms with Crippen molar-refractivity contribution in [3.8, 4) is 5.75 Å². The summed E-state index contributed by atoms with van der Waals surface area (Å²) >= 11 is 2.84. The maximum Gasteiger partial charge on any atom is 0.308 e. The van der Waals surface area contributed by atoms with Crippen LogP contribution in [0.25, 0.3) is 0 Å². The van der Waals surface area contributed by atoms with Crippen LogP contribution in [0.5, 0.6) is 5.75 Å². The molecule has 0 saturated carbocycles. The van der Waals surface area contributed by atoms with Crippen molar-refractivity contribution in [3.05, 3.63) is 80.0 Å². The van der Waals surface area contributed by atoms with Crippen LogP contribution in [-0.4, -0.2) is 22.7 Å². The topological polar surface area (TPSA) is 48.3 Å². The average Bonchev–Trinajstić information content (AvgIpc) is 3.03. The van der Waals surface area contributed by atoms with E-state index in [-0.39, 0.29) is 28.9 Å². The third kappa shape index (κ3) is 2.89. The summed E-state index contributed by atoms with van der Waals surface area (Å²) < 4.78 is 20.6. The van der Waals surface area contributed by atoms with Crippen molar-refractivity contribution < 1.29 is 13.9 Å². The molecule has 3 aromatic rings. The molecular weight excluding hydrogens is 397 g/mol. The lowest BCUT2D eigenvalue weighted by atomic mass is 9.84. The highest BCUT2D eigenvalue weighted by molar-refractivity contribution is 7.99. The largest absolute Gasteiger partial charge is 0.493 e. The Balaban J connectivity index is 1.53. The van der Waals surface area contributed by atoms with Gasteiger partial charge in [0.25, 0.3) is 0 Å². The van der Waals surface area contributed by atoms with Crippen LogP contribution in [0.1, 0.15) is 26.7 Å². The van der Waals surface area contributed by atoms with E-state index in [1.165, 1.54) is 35.6 Å². The van der Waals surface area contributed by atoms with E-state index < -0.39 is 0 Å². The molecule has 0 amide bonds. The fourth-order valence-corrected chi connectivity index (χ4v) is 6.55. The van der Waals surface area contributed by atoms with Crippen LogP contribution in [0.4, 0.5) is 4.39 Å². The molecule has 0 fully saturated rings. The molecule has 0 radical (unpaired) electrons. The van der Waals surface area contributed by atoms with Gasteiger partial charge in [0.05, 0.1) is 18.2 Å². The van der Waals surface area contributed by atoms with E-state index in [4.69, 9.17) is 4.74 Å². The van der Waals surface area contributed by atoms with Crippen molar-refractivity contribution in [3.63, 3.8) is 0 Å². The summed E-state index contributed by atoms with van der Waals surface area (Å²) in [5.41, 5.74) is 1.52. The van der Waals surface area contributed by atoms with Crippen LogP contribution in [-0.2, 0) is 6.54 Å². The van der Waals surface area contributed by atoms with Gasteiger partial charge < -0.3 is 4.74 Å². The van der Waals surface area contributed by atoms with E-state index in [9.17, 15) is 14.0 Å². The van der Waals surface area contributed by atoms with Crippen molar-refractivity contribution in [2.24, 2.45) is 5.92 Å². The number of rotatable bonds is 3. The molecule has 0 saturated heterocycles. The highest BCUT2D eigenvalue weighted by Crippen LogP contribution is 2.50. The van der Waals surface area contributed by atoms with E-state index in [0.29, 0.717) is 18.1 Å². The standard InChI is InChI=1S/C21H16FNO3S2/c22-14-7-5-12(6-8-14)16(24)9-23-20-19(28-21(23)25)18-13(11-27-20)10-26-17-4-2-1-3-15(17)18/h1-8,13,18H,9-11H2. The summed E-state index contributed by atoms with van der Waals surface area (Å²) in [6.45, 7) is 0.605. The van der Waals surface area contributed by atoms with Crippen LogP contribution in [0.2, 0.25) is 0 Å². The van der Waals surface area contributed by atoms with Gasteiger partial charge in [-0.15, -0.1) is 11.8 Å². The van der Waals surface area contributed by atoms with Gasteiger partial charge in [0.15, 0.2) is 5.78 Å². The van der Waals surface area contributed by atoms with Gasteiger partial charge in [-0.05, 0) is 30.3 Å². The number of benzene rings is 2. The number of carbonyl (C=O) groups excluding carboxylic acids is 1. The molecule has 0 aliphatic carbocycles. The number of halogens is 1. The number of carbonyl (C=O) groups is 1. The van der Waals surface area contributed by atoms with Gasteiger partial charge in [0.1, 0.15) is 11.6 Å². The smallest absolute Gasteiger partial charge is 0.308 e. The molecule has 2 aromatic carbocycles. The second-order valence-corrected chi connectivity index (χ2v) is 8.95. The Morgan fingerprint density at radius 2 is 1.96 bits per heavy atom. The highest BCUT2D eigenvalue weighted by Gasteiger charge is 2.39. The summed E-state index contributed by atoms with van der Waals surface area (Å²) in [6.07, 6.45) is 0. The number of ether oxygens (including phenoxy) is 1. The summed E-state index contributed by atoms with van der Waals surface area (Å²) in [6, 6.07) is 13.4. The van der Waals surface area contributed by atoms with Crippen LogP contribution < -0.4 is 9.61 Å². The van der Waals surface area contributed by atoms with Crippen molar-refractivity contribution in [2.45, 2.75) is 17.5 Å². The molecule has 28 heavy (non-hydrogen) atoms. The number of hydrogen-bond acceptors (Lipinski definition) is 5. The van der Waals surface area contributed by atoms with Gasteiger partial charge in [0.2, 0.25) is 0 Å². The van der Waals surface area contributed by atoms with E-state index in [1.807, 2.05) is 18.2 Å². The molecule has 2 unspecified atom stereocenters. The molecule has 2 atom stereocenters. The normalized spacial score (nSPS) is 19.9. The van der Waals surface area contributed by atoms with Gasteiger partial charge in [-0.2, -0.15) is 0 Å². The maximum absolute atomic E-state index is 13.1. The molecule has 5 rings (SSSR count). The zero-order valence-corrected chi connectivity index (χ0v) is 16.4. The lowest BCUT2D eigenvalue weighted by Crippen LogP contribution is -2.31.